The SMILES string of the molecule is O=C(Cc1ccc(F)cc1)Nc1nn(Cc2ccc(F)cc2)cc1Br. The number of halogens is 3. The fourth-order valence-electron chi connectivity index (χ4n) is 2.30. The summed E-state index contributed by atoms with van der Waals surface area (Å²) in [6.07, 6.45) is 1.86. The molecule has 25 heavy (non-hydrogen) atoms. The molecule has 1 N–H and O–H groups in total. The molecule has 0 aliphatic rings. The van der Waals surface area contributed by atoms with Crippen LogP contribution in [0, 0.1) is 11.6 Å². The van der Waals surface area contributed by atoms with E-state index in [1.807, 2.05) is 0 Å². The maximum atomic E-state index is 12.9. The molecule has 2 aromatic carbocycles. The van der Waals surface area contributed by atoms with Crippen LogP contribution in [0.15, 0.2) is 59.2 Å². The molecule has 1 aromatic heterocycles. The number of amides is 1. The van der Waals surface area contributed by atoms with Crippen molar-refractivity contribution in [3.05, 3.63) is 82.0 Å². The van der Waals surface area contributed by atoms with Gasteiger partial charge >= 0.3 is 0 Å². The van der Waals surface area contributed by atoms with Crippen LogP contribution in [0.2, 0.25) is 0 Å². The molecule has 0 aliphatic heterocycles. The van der Waals surface area contributed by atoms with E-state index in [1.165, 1.54) is 24.3 Å². The fraction of sp³-hybridized carbons (Fsp3) is 0.111. The van der Waals surface area contributed by atoms with Crippen molar-refractivity contribution in [3.8, 4) is 0 Å². The number of hydrogen-bond acceptors (Lipinski definition) is 2. The van der Waals surface area contributed by atoms with Gasteiger partial charge in [0, 0.05) is 6.20 Å². The second-order valence-electron chi connectivity index (χ2n) is 5.50. The lowest BCUT2D eigenvalue weighted by atomic mass is 10.1. The molecule has 128 valence electrons. The van der Waals surface area contributed by atoms with Crippen LogP contribution in [-0.2, 0) is 17.8 Å². The van der Waals surface area contributed by atoms with Gasteiger partial charge in [0.25, 0.3) is 0 Å². The van der Waals surface area contributed by atoms with Crippen molar-refractivity contribution in [1.29, 1.82) is 0 Å². The summed E-state index contributed by atoms with van der Waals surface area (Å²) in [6, 6.07) is 11.9. The Bertz CT molecular complexity index is 876. The molecule has 1 amide bonds. The highest BCUT2D eigenvalue weighted by Gasteiger charge is 2.11. The molecule has 1 heterocycles. The van der Waals surface area contributed by atoms with Crippen molar-refractivity contribution in [2.45, 2.75) is 13.0 Å². The Morgan fingerprint density at radius 2 is 1.56 bits per heavy atom. The number of anilines is 1. The van der Waals surface area contributed by atoms with Crippen molar-refractivity contribution >= 4 is 27.7 Å². The van der Waals surface area contributed by atoms with Crippen molar-refractivity contribution < 1.29 is 13.6 Å². The second-order valence-corrected chi connectivity index (χ2v) is 6.36. The van der Waals surface area contributed by atoms with Crippen molar-refractivity contribution in [2.24, 2.45) is 0 Å². The van der Waals surface area contributed by atoms with E-state index in [0.29, 0.717) is 22.4 Å². The Balaban J connectivity index is 1.64. The summed E-state index contributed by atoms with van der Waals surface area (Å²) in [5, 5.41) is 7.02. The molecule has 0 atom stereocenters. The molecule has 7 heteroatoms. The summed E-state index contributed by atoms with van der Waals surface area (Å²) in [6.45, 7) is 0.451. The molecule has 0 fully saturated rings. The van der Waals surface area contributed by atoms with Crippen LogP contribution in [0.1, 0.15) is 11.1 Å². The van der Waals surface area contributed by atoms with Crippen LogP contribution >= 0.6 is 15.9 Å². The van der Waals surface area contributed by atoms with Gasteiger partial charge in [-0.3, -0.25) is 9.48 Å². The van der Waals surface area contributed by atoms with Crippen molar-refractivity contribution in [3.63, 3.8) is 0 Å². The van der Waals surface area contributed by atoms with Gasteiger partial charge in [-0.15, -0.1) is 0 Å². The second kappa shape index (κ2) is 7.57. The first-order chi connectivity index (χ1) is 12.0. The zero-order chi connectivity index (χ0) is 17.8. The summed E-state index contributed by atoms with van der Waals surface area (Å²) in [5.74, 6) is -0.487. The molecule has 0 saturated heterocycles. The summed E-state index contributed by atoms with van der Waals surface area (Å²) in [4.78, 5) is 12.1. The monoisotopic (exact) mass is 405 g/mol. The minimum atomic E-state index is -0.341. The molecule has 3 rings (SSSR count). The Hall–Kier alpha value is -2.54. The van der Waals surface area contributed by atoms with Gasteiger partial charge in [0.05, 0.1) is 17.4 Å². The van der Waals surface area contributed by atoms with Gasteiger partial charge in [-0.25, -0.2) is 8.78 Å². The average molecular weight is 406 g/mol. The summed E-state index contributed by atoms with van der Waals surface area (Å²) in [7, 11) is 0. The third-order valence-corrected chi connectivity index (χ3v) is 4.09. The Labute approximate surface area is 151 Å². The van der Waals surface area contributed by atoms with Crippen LogP contribution in [0.5, 0.6) is 0 Å². The van der Waals surface area contributed by atoms with Crippen molar-refractivity contribution in [2.75, 3.05) is 5.32 Å². The third-order valence-electron chi connectivity index (χ3n) is 3.51. The van der Waals surface area contributed by atoms with E-state index in [-0.39, 0.29) is 24.0 Å². The average Bonchev–Trinajstić information content (AvgIpc) is 2.91. The zero-order valence-electron chi connectivity index (χ0n) is 13.0. The maximum Gasteiger partial charge on any atom is 0.230 e. The topological polar surface area (TPSA) is 46.9 Å². The number of hydrogen-bond donors (Lipinski definition) is 1. The lowest BCUT2D eigenvalue weighted by Crippen LogP contribution is -2.15. The van der Waals surface area contributed by atoms with Crippen molar-refractivity contribution in [1.82, 2.24) is 9.78 Å². The van der Waals surface area contributed by atoms with Gasteiger partial charge in [-0.05, 0) is 51.3 Å². The van der Waals surface area contributed by atoms with E-state index in [9.17, 15) is 13.6 Å². The summed E-state index contributed by atoms with van der Waals surface area (Å²) in [5.41, 5.74) is 1.60. The molecule has 0 radical (unpaired) electrons. The number of carbonyl (C=O) groups excluding carboxylic acids is 1. The van der Waals surface area contributed by atoms with Gasteiger partial charge in [0.1, 0.15) is 11.6 Å². The van der Waals surface area contributed by atoms with E-state index in [0.717, 1.165) is 5.56 Å². The third kappa shape index (κ3) is 4.73. The van der Waals surface area contributed by atoms with E-state index in [4.69, 9.17) is 0 Å². The Morgan fingerprint density at radius 1 is 1.00 bits per heavy atom. The van der Waals surface area contributed by atoms with Gasteiger partial charge in [0.2, 0.25) is 5.91 Å². The molecule has 0 saturated carbocycles. The number of rotatable bonds is 5. The first kappa shape index (κ1) is 17.3. The van der Waals surface area contributed by atoms with E-state index in [1.54, 1.807) is 35.1 Å². The largest absolute Gasteiger partial charge is 0.308 e. The highest BCUT2D eigenvalue weighted by molar-refractivity contribution is 9.10. The molecular formula is C18H14BrF2N3O. The fourth-order valence-corrected chi connectivity index (χ4v) is 2.72. The molecular weight excluding hydrogens is 392 g/mol. The van der Waals surface area contributed by atoms with E-state index < -0.39 is 0 Å². The highest BCUT2D eigenvalue weighted by Crippen LogP contribution is 2.21. The van der Waals surface area contributed by atoms with Crippen LogP contribution in [0.4, 0.5) is 14.6 Å². The molecule has 3 aromatic rings. The normalized spacial score (nSPS) is 10.7. The van der Waals surface area contributed by atoms with Gasteiger partial charge in [0.15, 0.2) is 5.82 Å². The first-order valence-electron chi connectivity index (χ1n) is 7.51. The number of benzene rings is 2. The minimum absolute atomic E-state index is 0.123. The number of aromatic nitrogens is 2. The Morgan fingerprint density at radius 3 is 2.16 bits per heavy atom. The number of nitrogens with zero attached hydrogens (tertiary/aromatic N) is 2. The predicted molar refractivity (Wildman–Crippen MR) is 94.2 cm³/mol. The molecule has 4 nitrogen and oxygen atoms in total. The summed E-state index contributed by atoms with van der Waals surface area (Å²) >= 11 is 3.36. The number of carbonyl (C=O) groups is 1. The van der Waals surface area contributed by atoms with Crippen LogP contribution in [-0.4, -0.2) is 15.7 Å². The van der Waals surface area contributed by atoms with Gasteiger partial charge in [-0.1, -0.05) is 24.3 Å². The first-order valence-corrected chi connectivity index (χ1v) is 8.30. The minimum Gasteiger partial charge on any atom is -0.308 e. The Kier molecular flexibility index (Phi) is 5.23. The van der Waals surface area contributed by atoms with Crippen LogP contribution < -0.4 is 5.32 Å². The van der Waals surface area contributed by atoms with E-state index >= 15 is 0 Å². The van der Waals surface area contributed by atoms with E-state index in [2.05, 4.69) is 26.3 Å². The zero-order valence-corrected chi connectivity index (χ0v) is 14.6. The molecule has 0 unspecified atom stereocenters. The number of nitrogens with one attached hydrogen (secondary N) is 1. The van der Waals surface area contributed by atoms with Crippen LogP contribution in [0.3, 0.4) is 0 Å². The smallest absolute Gasteiger partial charge is 0.230 e. The van der Waals surface area contributed by atoms with Crippen LogP contribution in [0.25, 0.3) is 0 Å². The van der Waals surface area contributed by atoms with Gasteiger partial charge in [-0.2, -0.15) is 5.10 Å². The highest BCUT2D eigenvalue weighted by atomic mass is 79.9. The maximum absolute atomic E-state index is 12.9. The van der Waals surface area contributed by atoms with Gasteiger partial charge < -0.3 is 5.32 Å². The standard InChI is InChI=1S/C18H14BrF2N3O/c19-16-11-24(10-13-3-7-15(21)8-4-13)23-18(16)22-17(25)9-12-1-5-14(20)6-2-12/h1-8,11H,9-10H2,(H,22,23,25). The molecule has 0 bridgehead atoms. The lowest BCUT2D eigenvalue weighted by Gasteiger charge is -2.04. The lowest BCUT2D eigenvalue weighted by molar-refractivity contribution is -0.115. The summed E-state index contributed by atoms with van der Waals surface area (Å²) < 4.78 is 28.1. The quantitative estimate of drug-likeness (QED) is 0.692. The predicted octanol–water partition coefficient (Wildman–Crippen LogP) is 4.15. The molecule has 0 spiro atoms. The molecule has 0 aliphatic carbocycles.